The standard InChI is InChI=1S/C22H31N5O3/c1-27-15-14-23-20(27)16-30-19-11-9-18(10-12-19)25-21(28)8-5-13-24-22(29)26-17-6-3-2-4-7-17/h9-12,14-15,17H,2-8,13,16H2,1H3,(H,25,28)(H2,24,26,29). The molecule has 1 heterocycles. The maximum absolute atomic E-state index is 12.1. The van der Waals surface area contributed by atoms with Crippen LogP contribution in [0.1, 0.15) is 50.8 Å². The highest BCUT2D eigenvalue weighted by Crippen LogP contribution is 2.18. The zero-order valence-electron chi connectivity index (χ0n) is 17.5. The molecule has 0 atom stereocenters. The van der Waals surface area contributed by atoms with E-state index < -0.39 is 0 Å². The highest BCUT2D eigenvalue weighted by atomic mass is 16.5. The molecular weight excluding hydrogens is 382 g/mol. The number of nitrogens with one attached hydrogen (secondary N) is 3. The third-order valence-electron chi connectivity index (χ3n) is 5.23. The third kappa shape index (κ3) is 7.09. The van der Waals surface area contributed by atoms with Crippen molar-refractivity contribution in [3.63, 3.8) is 0 Å². The molecule has 0 radical (unpaired) electrons. The molecule has 0 bridgehead atoms. The van der Waals surface area contributed by atoms with Crippen molar-refractivity contribution in [2.45, 2.75) is 57.6 Å². The van der Waals surface area contributed by atoms with Crippen LogP contribution in [0.3, 0.4) is 0 Å². The molecule has 3 amide bonds. The van der Waals surface area contributed by atoms with E-state index in [-0.39, 0.29) is 18.0 Å². The van der Waals surface area contributed by atoms with Gasteiger partial charge in [-0.15, -0.1) is 0 Å². The van der Waals surface area contributed by atoms with Crippen LogP contribution in [-0.4, -0.2) is 34.1 Å². The van der Waals surface area contributed by atoms with E-state index in [9.17, 15) is 9.59 Å². The van der Waals surface area contributed by atoms with Crippen LogP contribution < -0.4 is 20.7 Å². The summed E-state index contributed by atoms with van der Waals surface area (Å²) in [5.74, 6) is 1.48. The van der Waals surface area contributed by atoms with Crippen molar-refractivity contribution in [1.82, 2.24) is 20.2 Å². The van der Waals surface area contributed by atoms with Crippen molar-refractivity contribution in [3.05, 3.63) is 42.5 Å². The van der Waals surface area contributed by atoms with Gasteiger partial charge in [-0.25, -0.2) is 9.78 Å². The molecule has 0 saturated heterocycles. The Hall–Kier alpha value is -3.03. The van der Waals surface area contributed by atoms with Gasteiger partial charge in [0.25, 0.3) is 0 Å². The van der Waals surface area contributed by atoms with E-state index in [2.05, 4.69) is 20.9 Å². The average molecular weight is 414 g/mol. The normalized spacial score (nSPS) is 14.2. The van der Waals surface area contributed by atoms with Gasteiger partial charge in [0.05, 0.1) is 0 Å². The van der Waals surface area contributed by atoms with Crippen molar-refractivity contribution >= 4 is 17.6 Å². The summed E-state index contributed by atoms with van der Waals surface area (Å²) in [6.45, 7) is 0.864. The van der Waals surface area contributed by atoms with Gasteiger partial charge in [-0.05, 0) is 43.5 Å². The average Bonchev–Trinajstić information content (AvgIpc) is 3.16. The van der Waals surface area contributed by atoms with E-state index in [1.807, 2.05) is 42.1 Å². The van der Waals surface area contributed by atoms with Gasteiger partial charge < -0.3 is 25.3 Å². The largest absolute Gasteiger partial charge is 0.486 e. The highest BCUT2D eigenvalue weighted by Gasteiger charge is 2.15. The van der Waals surface area contributed by atoms with E-state index in [1.165, 1.54) is 19.3 Å². The number of rotatable bonds is 9. The van der Waals surface area contributed by atoms with Crippen molar-refractivity contribution in [2.75, 3.05) is 11.9 Å². The molecule has 0 aliphatic heterocycles. The number of hydrogen-bond acceptors (Lipinski definition) is 4. The van der Waals surface area contributed by atoms with Crippen LogP contribution in [0.2, 0.25) is 0 Å². The number of carbonyl (C=O) groups is 2. The Morgan fingerprint density at radius 3 is 2.63 bits per heavy atom. The fraction of sp³-hybridized carbons (Fsp3) is 0.500. The first kappa shape index (κ1) is 21.7. The van der Waals surface area contributed by atoms with Crippen LogP contribution in [0, 0.1) is 0 Å². The van der Waals surface area contributed by atoms with Crippen molar-refractivity contribution in [2.24, 2.45) is 7.05 Å². The number of ether oxygens (including phenoxy) is 1. The lowest BCUT2D eigenvalue weighted by molar-refractivity contribution is -0.116. The van der Waals surface area contributed by atoms with E-state index in [4.69, 9.17) is 4.74 Å². The molecule has 1 saturated carbocycles. The Morgan fingerprint density at radius 1 is 1.17 bits per heavy atom. The van der Waals surface area contributed by atoms with Gasteiger partial charge in [-0.2, -0.15) is 0 Å². The Morgan fingerprint density at radius 2 is 1.93 bits per heavy atom. The minimum atomic E-state index is -0.136. The first-order valence-electron chi connectivity index (χ1n) is 10.6. The molecule has 30 heavy (non-hydrogen) atoms. The number of urea groups is 1. The fourth-order valence-corrected chi connectivity index (χ4v) is 3.48. The molecule has 1 aromatic carbocycles. The molecule has 1 aromatic heterocycles. The van der Waals surface area contributed by atoms with Gasteiger partial charge in [-0.3, -0.25) is 4.79 Å². The summed E-state index contributed by atoms with van der Waals surface area (Å²) >= 11 is 0. The van der Waals surface area contributed by atoms with Crippen molar-refractivity contribution in [3.8, 4) is 5.75 Å². The number of benzene rings is 1. The minimum absolute atomic E-state index is 0.0776. The summed E-state index contributed by atoms with van der Waals surface area (Å²) in [5.41, 5.74) is 0.715. The second-order valence-corrected chi connectivity index (χ2v) is 7.65. The number of hydrogen-bond donors (Lipinski definition) is 3. The molecule has 2 aromatic rings. The fourth-order valence-electron chi connectivity index (χ4n) is 3.48. The summed E-state index contributed by atoms with van der Waals surface area (Å²) < 4.78 is 7.61. The van der Waals surface area contributed by atoms with Crippen LogP contribution in [0.5, 0.6) is 5.75 Å². The summed E-state index contributed by atoms with van der Waals surface area (Å²) in [6, 6.07) is 7.40. The summed E-state index contributed by atoms with van der Waals surface area (Å²) in [6.07, 6.45) is 10.3. The first-order valence-corrected chi connectivity index (χ1v) is 10.6. The maximum Gasteiger partial charge on any atom is 0.315 e. The Labute approximate surface area is 177 Å². The van der Waals surface area contributed by atoms with Gasteiger partial charge in [0, 0.05) is 44.1 Å². The molecule has 3 N–H and O–H groups in total. The van der Waals surface area contributed by atoms with Crippen molar-refractivity contribution in [1.29, 1.82) is 0 Å². The number of amides is 3. The lowest BCUT2D eigenvalue weighted by Crippen LogP contribution is -2.43. The predicted octanol–water partition coefficient (Wildman–Crippen LogP) is 3.35. The van der Waals surface area contributed by atoms with Crippen LogP contribution in [0.25, 0.3) is 0 Å². The number of aromatic nitrogens is 2. The Kier molecular flexibility index (Phi) is 8.11. The van der Waals surface area contributed by atoms with Crippen molar-refractivity contribution < 1.29 is 14.3 Å². The Bertz CT molecular complexity index is 812. The number of nitrogens with zero attached hydrogens (tertiary/aromatic N) is 2. The number of carbonyl (C=O) groups excluding carboxylic acids is 2. The Balaban J connectivity index is 1.29. The molecule has 0 unspecified atom stereocenters. The zero-order valence-corrected chi connectivity index (χ0v) is 17.5. The van der Waals surface area contributed by atoms with Crippen LogP contribution >= 0.6 is 0 Å². The molecule has 1 fully saturated rings. The molecule has 8 heteroatoms. The molecule has 0 spiro atoms. The van der Waals surface area contributed by atoms with Crippen LogP contribution in [0.15, 0.2) is 36.7 Å². The monoisotopic (exact) mass is 413 g/mol. The van der Waals surface area contributed by atoms with Gasteiger partial charge >= 0.3 is 6.03 Å². The molecular formula is C22H31N5O3. The van der Waals surface area contributed by atoms with E-state index in [0.717, 1.165) is 18.7 Å². The van der Waals surface area contributed by atoms with Crippen LogP contribution in [-0.2, 0) is 18.4 Å². The van der Waals surface area contributed by atoms with Crippen LogP contribution in [0.4, 0.5) is 10.5 Å². The summed E-state index contributed by atoms with van der Waals surface area (Å²) in [7, 11) is 1.92. The molecule has 1 aliphatic rings. The van der Waals surface area contributed by atoms with Gasteiger partial charge in [-0.1, -0.05) is 19.3 Å². The van der Waals surface area contributed by atoms with Gasteiger partial charge in [0.1, 0.15) is 18.2 Å². The lowest BCUT2D eigenvalue weighted by Gasteiger charge is -2.22. The first-order chi connectivity index (χ1) is 14.6. The second-order valence-electron chi connectivity index (χ2n) is 7.65. The lowest BCUT2D eigenvalue weighted by atomic mass is 9.96. The maximum atomic E-state index is 12.1. The zero-order chi connectivity index (χ0) is 21.2. The topological polar surface area (TPSA) is 97.3 Å². The molecule has 162 valence electrons. The van der Waals surface area contributed by atoms with Gasteiger partial charge in [0.2, 0.25) is 5.91 Å². The quantitative estimate of drug-likeness (QED) is 0.549. The number of anilines is 1. The van der Waals surface area contributed by atoms with E-state index >= 15 is 0 Å². The second kappa shape index (κ2) is 11.2. The molecule has 3 rings (SSSR count). The highest BCUT2D eigenvalue weighted by molar-refractivity contribution is 5.90. The number of imidazole rings is 1. The van der Waals surface area contributed by atoms with E-state index in [0.29, 0.717) is 37.4 Å². The number of aryl methyl sites for hydroxylation is 1. The SMILES string of the molecule is Cn1ccnc1COc1ccc(NC(=O)CCCNC(=O)NC2CCCCC2)cc1. The minimum Gasteiger partial charge on any atom is -0.486 e. The third-order valence-corrected chi connectivity index (χ3v) is 5.23. The smallest absolute Gasteiger partial charge is 0.315 e. The van der Waals surface area contributed by atoms with E-state index in [1.54, 1.807) is 6.20 Å². The summed E-state index contributed by atoms with van der Waals surface area (Å²) in [4.78, 5) is 28.2. The summed E-state index contributed by atoms with van der Waals surface area (Å²) in [5, 5.41) is 8.70. The van der Waals surface area contributed by atoms with Gasteiger partial charge in [0.15, 0.2) is 0 Å². The molecule has 8 nitrogen and oxygen atoms in total. The molecule has 1 aliphatic carbocycles. The predicted molar refractivity (Wildman–Crippen MR) is 115 cm³/mol.